The summed E-state index contributed by atoms with van der Waals surface area (Å²) in [6.07, 6.45) is 9.65. The maximum Gasteiger partial charge on any atom is 0.237 e. The number of likely N-dealkylation sites (N-methyl/N-ethyl adjacent to an activating group) is 1. The van der Waals surface area contributed by atoms with Gasteiger partial charge in [0.05, 0.1) is 6.04 Å². The van der Waals surface area contributed by atoms with Crippen molar-refractivity contribution >= 4 is 5.91 Å². The summed E-state index contributed by atoms with van der Waals surface area (Å²) in [6, 6.07) is 0.0649. The summed E-state index contributed by atoms with van der Waals surface area (Å²) >= 11 is 0. The van der Waals surface area contributed by atoms with E-state index in [0.29, 0.717) is 0 Å². The van der Waals surface area contributed by atoms with Crippen LogP contribution in [0.5, 0.6) is 0 Å². The summed E-state index contributed by atoms with van der Waals surface area (Å²) in [5, 5.41) is 3.13. The lowest BCUT2D eigenvalue weighted by molar-refractivity contribution is -0.126. The van der Waals surface area contributed by atoms with Gasteiger partial charge in [-0.15, -0.1) is 0 Å². The van der Waals surface area contributed by atoms with E-state index >= 15 is 0 Å². The highest BCUT2D eigenvalue weighted by Gasteiger charge is 2.22. The minimum Gasteiger partial charge on any atom is -0.355 e. The number of carbonyl (C=O) groups excluding carboxylic acids is 1. The molecule has 120 valence electrons. The lowest BCUT2D eigenvalue weighted by atomic mass is 10.1. The molecule has 0 radical (unpaired) electrons. The summed E-state index contributed by atoms with van der Waals surface area (Å²) in [5.41, 5.74) is 0. The van der Waals surface area contributed by atoms with Crippen LogP contribution in [-0.2, 0) is 4.79 Å². The molecule has 1 N–H and O–H groups in total. The Morgan fingerprint density at radius 3 is 2.05 bits per heavy atom. The minimum absolute atomic E-state index is 0.0649. The van der Waals surface area contributed by atoms with Crippen LogP contribution < -0.4 is 5.32 Å². The second-order valence-corrected chi connectivity index (χ2v) is 5.58. The quantitative estimate of drug-likeness (QED) is 0.519. The molecule has 0 rings (SSSR count). The topological polar surface area (TPSA) is 32.3 Å². The zero-order valence-corrected chi connectivity index (χ0v) is 14.2. The van der Waals surface area contributed by atoms with Crippen molar-refractivity contribution in [2.75, 3.05) is 19.6 Å². The van der Waals surface area contributed by atoms with Crippen LogP contribution in [0.4, 0.5) is 0 Å². The molecule has 1 unspecified atom stereocenters. The SMILES string of the molecule is CCCCCCCCNC(=O)C(CCC)N(CC)CC. The number of hydrogen-bond acceptors (Lipinski definition) is 2. The van der Waals surface area contributed by atoms with E-state index in [1.165, 1.54) is 32.1 Å². The van der Waals surface area contributed by atoms with Crippen molar-refractivity contribution in [2.45, 2.75) is 85.1 Å². The van der Waals surface area contributed by atoms with Crippen LogP contribution in [0.25, 0.3) is 0 Å². The summed E-state index contributed by atoms with van der Waals surface area (Å²) in [7, 11) is 0. The minimum atomic E-state index is 0.0649. The van der Waals surface area contributed by atoms with Gasteiger partial charge in [-0.25, -0.2) is 0 Å². The number of rotatable bonds is 13. The molecular weight excluding hydrogens is 248 g/mol. The first-order valence-corrected chi connectivity index (χ1v) is 8.72. The van der Waals surface area contributed by atoms with Gasteiger partial charge in [0.25, 0.3) is 0 Å². The van der Waals surface area contributed by atoms with Crippen molar-refractivity contribution in [1.82, 2.24) is 10.2 Å². The molecule has 0 fully saturated rings. The number of unbranched alkanes of at least 4 members (excludes halogenated alkanes) is 5. The maximum atomic E-state index is 12.3. The molecule has 0 aliphatic heterocycles. The third kappa shape index (κ3) is 8.57. The number of nitrogens with one attached hydrogen (secondary N) is 1. The van der Waals surface area contributed by atoms with Crippen molar-refractivity contribution in [3.8, 4) is 0 Å². The zero-order valence-electron chi connectivity index (χ0n) is 14.2. The predicted molar refractivity (Wildman–Crippen MR) is 88.0 cm³/mol. The molecule has 3 heteroatoms. The number of amides is 1. The lowest BCUT2D eigenvalue weighted by Gasteiger charge is -2.28. The largest absolute Gasteiger partial charge is 0.355 e. The van der Waals surface area contributed by atoms with Crippen molar-refractivity contribution in [2.24, 2.45) is 0 Å². The van der Waals surface area contributed by atoms with Gasteiger partial charge in [0.1, 0.15) is 0 Å². The van der Waals surface area contributed by atoms with Crippen molar-refractivity contribution in [3.05, 3.63) is 0 Å². The molecule has 0 bridgehead atoms. The van der Waals surface area contributed by atoms with Gasteiger partial charge in [-0.2, -0.15) is 0 Å². The average molecular weight is 284 g/mol. The van der Waals surface area contributed by atoms with Gasteiger partial charge >= 0.3 is 0 Å². The van der Waals surface area contributed by atoms with E-state index in [0.717, 1.165) is 38.9 Å². The first-order valence-electron chi connectivity index (χ1n) is 8.72. The molecule has 0 saturated heterocycles. The van der Waals surface area contributed by atoms with Crippen LogP contribution >= 0.6 is 0 Å². The van der Waals surface area contributed by atoms with E-state index in [4.69, 9.17) is 0 Å². The molecule has 3 nitrogen and oxygen atoms in total. The Morgan fingerprint density at radius 1 is 0.900 bits per heavy atom. The van der Waals surface area contributed by atoms with Crippen molar-refractivity contribution < 1.29 is 4.79 Å². The molecular formula is C17H36N2O. The van der Waals surface area contributed by atoms with Gasteiger partial charge < -0.3 is 5.32 Å². The first-order chi connectivity index (χ1) is 9.71. The fourth-order valence-corrected chi connectivity index (χ4v) is 2.65. The third-order valence-electron chi connectivity index (χ3n) is 3.95. The van der Waals surface area contributed by atoms with Crippen molar-refractivity contribution in [3.63, 3.8) is 0 Å². The molecule has 0 aromatic rings. The van der Waals surface area contributed by atoms with Gasteiger partial charge in [0.2, 0.25) is 5.91 Å². The van der Waals surface area contributed by atoms with E-state index in [2.05, 4.69) is 37.9 Å². The summed E-state index contributed by atoms with van der Waals surface area (Å²) in [5.74, 6) is 0.226. The van der Waals surface area contributed by atoms with Crippen LogP contribution in [0.3, 0.4) is 0 Å². The van der Waals surface area contributed by atoms with E-state index in [-0.39, 0.29) is 11.9 Å². The second-order valence-electron chi connectivity index (χ2n) is 5.58. The molecule has 0 spiro atoms. The monoisotopic (exact) mass is 284 g/mol. The van der Waals surface area contributed by atoms with Gasteiger partial charge in [-0.05, 0) is 25.9 Å². The Morgan fingerprint density at radius 2 is 1.50 bits per heavy atom. The average Bonchev–Trinajstić information content (AvgIpc) is 2.46. The highest BCUT2D eigenvalue weighted by atomic mass is 16.2. The fraction of sp³-hybridized carbons (Fsp3) is 0.941. The molecule has 1 atom stereocenters. The smallest absolute Gasteiger partial charge is 0.237 e. The molecule has 0 aromatic carbocycles. The maximum absolute atomic E-state index is 12.3. The van der Waals surface area contributed by atoms with Crippen LogP contribution in [0, 0.1) is 0 Å². The Hall–Kier alpha value is -0.570. The Kier molecular flexibility index (Phi) is 13.0. The summed E-state index contributed by atoms with van der Waals surface area (Å²) in [6.45, 7) is 11.4. The van der Waals surface area contributed by atoms with E-state index in [1.807, 2.05) is 0 Å². The number of hydrogen-bond donors (Lipinski definition) is 1. The summed E-state index contributed by atoms with van der Waals surface area (Å²) in [4.78, 5) is 14.5. The van der Waals surface area contributed by atoms with E-state index in [1.54, 1.807) is 0 Å². The second kappa shape index (κ2) is 13.4. The molecule has 1 amide bonds. The highest BCUT2D eigenvalue weighted by Crippen LogP contribution is 2.08. The normalized spacial score (nSPS) is 12.7. The lowest BCUT2D eigenvalue weighted by Crippen LogP contribution is -2.47. The molecule has 0 aliphatic carbocycles. The van der Waals surface area contributed by atoms with Gasteiger partial charge in [0, 0.05) is 6.54 Å². The third-order valence-corrected chi connectivity index (χ3v) is 3.95. The van der Waals surface area contributed by atoms with Crippen LogP contribution in [0.15, 0.2) is 0 Å². The predicted octanol–water partition coefficient (Wildman–Crippen LogP) is 3.97. The Labute approximate surface area is 126 Å². The van der Waals surface area contributed by atoms with Crippen molar-refractivity contribution in [1.29, 1.82) is 0 Å². The Bertz CT molecular complexity index is 227. The number of carbonyl (C=O) groups is 1. The summed E-state index contributed by atoms with van der Waals surface area (Å²) < 4.78 is 0. The van der Waals surface area contributed by atoms with Gasteiger partial charge in [-0.3, -0.25) is 9.69 Å². The fourth-order valence-electron chi connectivity index (χ4n) is 2.65. The van der Waals surface area contributed by atoms with Crippen LogP contribution in [0.1, 0.15) is 79.1 Å². The van der Waals surface area contributed by atoms with Gasteiger partial charge in [0.15, 0.2) is 0 Å². The zero-order chi connectivity index (χ0) is 15.2. The number of nitrogens with zero attached hydrogens (tertiary/aromatic N) is 1. The highest BCUT2D eigenvalue weighted by molar-refractivity contribution is 5.81. The molecule has 0 aliphatic rings. The molecule has 0 saturated carbocycles. The standard InChI is InChI=1S/C17H36N2O/c1-5-9-10-11-12-13-15-18-17(20)16(14-6-2)19(7-3)8-4/h16H,5-15H2,1-4H3,(H,18,20). The van der Waals surface area contributed by atoms with E-state index in [9.17, 15) is 4.79 Å². The molecule has 0 heterocycles. The Balaban J connectivity index is 3.89. The van der Waals surface area contributed by atoms with E-state index < -0.39 is 0 Å². The first kappa shape index (κ1) is 19.4. The van der Waals surface area contributed by atoms with Crippen LogP contribution in [0.2, 0.25) is 0 Å². The van der Waals surface area contributed by atoms with Crippen LogP contribution in [-0.4, -0.2) is 36.5 Å². The molecule has 20 heavy (non-hydrogen) atoms. The van der Waals surface area contributed by atoms with Gasteiger partial charge in [-0.1, -0.05) is 66.2 Å². The molecule has 0 aromatic heterocycles.